The number of nitrogens with one attached hydrogen (secondary N) is 1. The number of hydrogen-bond donors (Lipinski definition) is 1. The van der Waals surface area contributed by atoms with Crippen LogP contribution in [0.15, 0.2) is 48.5 Å². The van der Waals surface area contributed by atoms with Gasteiger partial charge >= 0.3 is 6.18 Å². The fourth-order valence-electron chi connectivity index (χ4n) is 2.04. The lowest BCUT2D eigenvalue weighted by atomic mass is 10.1. The number of amides is 1. The van der Waals surface area contributed by atoms with Crippen LogP contribution in [-0.4, -0.2) is 11.7 Å². The number of alkyl halides is 3. The van der Waals surface area contributed by atoms with E-state index < -0.39 is 22.7 Å². The van der Waals surface area contributed by atoms with E-state index in [9.17, 15) is 22.8 Å². The Bertz CT molecular complexity index is 745. The average Bonchev–Trinajstić information content (AvgIpc) is 2.54. The van der Waals surface area contributed by atoms with E-state index >= 15 is 0 Å². The molecule has 126 valence electrons. The molecule has 0 aliphatic heterocycles. The van der Waals surface area contributed by atoms with Gasteiger partial charge in [0.25, 0.3) is 0 Å². The quantitative estimate of drug-likeness (QED) is 0.770. The average molecular weight is 356 g/mol. The summed E-state index contributed by atoms with van der Waals surface area (Å²) >= 11 is 5.51. The van der Waals surface area contributed by atoms with Crippen LogP contribution in [0.5, 0.6) is 0 Å². The van der Waals surface area contributed by atoms with Gasteiger partial charge in [-0.1, -0.05) is 41.9 Å². The molecule has 2 aromatic carbocycles. The Labute approximate surface area is 141 Å². The van der Waals surface area contributed by atoms with E-state index in [2.05, 4.69) is 5.32 Å². The molecule has 0 radical (unpaired) electrons. The molecule has 2 rings (SSSR count). The second-order valence-corrected chi connectivity index (χ2v) is 5.44. The van der Waals surface area contributed by atoms with Crippen LogP contribution in [0.25, 0.3) is 0 Å². The molecule has 3 nitrogen and oxygen atoms in total. The SMILES string of the molecule is O=C(CCC(=O)c1ccccc1)Nc1ccc(Cl)c(C(F)(F)F)c1. The van der Waals surface area contributed by atoms with Crippen LogP contribution < -0.4 is 5.32 Å². The lowest BCUT2D eigenvalue weighted by molar-refractivity contribution is -0.137. The summed E-state index contributed by atoms with van der Waals surface area (Å²) in [5.41, 5.74) is -0.567. The second kappa shape index (κ2) is 7.49. The molecule has 1 N–H and O–H groups in total. The van der Waals surface area contributed by atoms with Crippen LogP contribution in [0.2, 0.25) is 5.02 Å². The summed E-state index contributed by atoms with van der Waals surface area (Å²) < 4.78 is 38.3. The minimum Gasteiger partial charge on any atom is -0.326 e. The van der Waals surface area contributed by atoms with E-state index in [0.717, 1.165) is 12.1 Å². The number of ketones is 1. The molecule has 0 spiro atoms. The molecule has 0 atom stereocenters. The van der Waals surface area contributed by atoms with Crippen LogP contribution in [0.1, 0.15) is 28.8 Å². The van der Waals surface area contributed by atoms with Gasteiger partial charge in [-0.3, -0.25) is 9.59 Å². The first kappa shape index (κ1) is 18.0. The van der Waals surface area contributed by atoms with Crippen molar-refractivity contribution in [2.24, 2.45) is 0 Å². The monoisotopic (exact) mass is 355 g/mol. The summed E-state index contributed by atoms with van der Waals surface area (Å²) in [4.78, 5) is 23.7. The van der Waals surface area contributed by atoms with Crippen molar-refractivity contribution in [2.75, 3.05) is 5.32 Å². The lowest BCUT2D eigenvalue weighted by Crippen LogP contribution is -2.14. The molecule has 0 saturated heterocycles. The molecule has 24 heavy (non-hydrogen) atoms. The van der Waals surface area contributed by atoms with Crippen LogP contribution in [0, 0.1) is 0 Å². The maximum absolute atomic E-state index is 12.8. The van der Waals surface area contributed by atoms with Gasteiger partial charge in [0.05, 0.1) is 10.6 Å². The Hall–Kier alpha value is -2.34. The van der Waals surface area contributed by atoms with Crippen LogP contribution in [0.4, 0.5) is 18.9 Å². The number of anilines is 1. The van der Waals surface area contributed by atoms with Crippen LogP contribution >= 0.6 is 11.6 Å². The molecule has 2 aromatic rings. The van der Waals surface area contributed by atoms with Gasteiger partial charge in [-0.15, -0.1) is 0 Å². The smallest absolute Gasteiger partial charge is 0.326 e. The van der Waals surface area contributed by atoms with Crippen molar-refractivity contribution < 1.29 is 22.8 Å². The molecule has 0 aliphatic rings. The normalized spacial score (nSPS) is 11.2. The molecule has 0 aliphatic carbocycles. The fourth-order valence-corrected chi connectivity index (χ4v) is 2.26. The highest BCUT2D eigenvalue weighted by Gasteiger charge is 2.33. The summed E-state index contributed by atoms with van der Waals surface area (Å²) in [6.07, 6.45) is -4.77. The third kappa shape index (κ3) is 4.83. The molecule has 7 heteroatoms. The topological polar surface area (TPSA) is 46.2 Å². The van der Waals surface area contributed by atoms with E-state index in [0.29, 0.717) is 5.56 Å². The maximum Gasteiger partial charge on any atom is 0.417 e. The van der Waals surface area contributed by atoms with Crippen LogP contribution in [-0.2, 0) is 11.0 Å². The highest BCUT2D eigenvalue weighted by Crippen LogP contribution is 2.36. The van der Waals surface area contributed by atoms with Gasteiger partial charge in [0, 0.05) is 24.1 Å². The lowest BCUT2D eigenvalue weighted by Gasteiger charge is -2.11. The number of rotatable bonds is 5. The summed E-state index contributed by atoms with van der Waals surface area (Å²) in [5, 5.41) is 1.89. The minimum atomic E-state index is -4.61. The first-order valence-corrected chi connectivity index (χ1v) is 7.40. The Morgan fingerprint density at radius 1 is 1.00 bits per heavy atom. The van der Waals surface area contributed by atoms with Gasteiger partial charge in [0.2, 0.25) is 5.91 Å². The first-order valence-electron chi connectivity index (χ1n) is 7.02. The summed E-state index contributed by atoms with van der Waals surface area (Å²) in [6.45, 7) is 0. The predicted octanol–water partition coefficient (Wildman–Crippen LogP) is 4.96. The number of hydrogen-bond acceptors (Lipinski definition) is 2. The van der Waals surface area contributed by atoms with Gasteiger partial charge in [-0.25, -0.2) is 0 Å². The van der Waals surface area contributed by atoms with Gasteiger partial charge in [-0.05, 0) is 18.2 Å². The zero-order valence-electron chi connectivity index (χ0n) is 12.4. The number of Topliss-reactive ketones (excluding diaryl/α,β-unsaturated/α-hetero) is 1. The molecular weight excluding hydrogens is 343 g/mol. The molecule has 1 amide bonds. The largest absolute Gasteiger partial charge is 0.417 e. The molecule has 0 fully saturated rings. The van der Waals surface area contributed by atoms with Crippen molar-refractivity contribution in [3.8, 4) is 0 Å². The van der Waals surface area contributed by atoms with E-state index in [4.69, 9.17) is 11.6 Å². The Morgan fingerprint density at radius 3 is 2.29 bits per heavy atom. The van der Waals surface area contributed by atoms with E-state index in [1.54, 1.807) is 30.3 Å². The number of benzene rings is 2. The molecule has 0 saturated carbocycles. The van der Waals surface area contributed by atoms with Crippen molar-refractivity contribution in [3.63, 3.8) is 0 Å². The third-order valence-corrected chi connectivity index (χ3v) is 3.56. The Balaban J connectivity index is 1.97. The molecule has 0 bridgehead atoms. The maximum atomic E-state index is 12.8. The van der Waals surface area contributed by atoms with Crippen molar-refractivity contribution in [1.82, 2.24) is 0 Å². The highest BCUT2D eigenvalue weighted by atomic mass is 35.5. The predicted molar refractivity (Wildman–Crippen MR) is 85.1 cm³/mol. The van der Waals surface area contributed by atoms with Gasteiger partial charge < -0.3 is 5.32 Å². The van der Waals surface area contributed by atoms with Gasteiger partial charge in [0.15, 0.2) is 5.78 Å². The Morgan fingerprint density at radius 2 is 1.67 bits per heavy atom. The number of carbonyl (C=O) groups excluding carboxylic acids is 2. The third-order valence-electron chi connectivity index (χ3n) is 3.23. The molecular formula is C17H13ClF3NO2. The summed E-state index contributed by atoms with van der Waals surface area (Å²) in [7, 11) is 0. The summed E-state index contributed by atoms with van der Waals surface area (Å²) in [6, 6.07) is 11.6. The second-order valence-electron chi connectivity index (χ2n) is 5.03. The molecule has 0 unspecified atom stereocenters. The molecule has 0 aromatic heterocycles. The van der Waals surface area contributed by atoms with Gasteiger partial charge in [0.1, 0.15) is 0 Å². The van der Waals surface area contributed by atoms with E-state index in [1.165, 1.54) is 6.07 Å². The zero-order chi connectivity index (χ0) is 17.7. The Kier molecular flexibility index (Phi) is 5.62. The fraction of sp³-hybridized carbons (Fsp3) is 0.176. The zero-order valence-corrected chi connectivity index (χ0v) is 13.1. The summed E-state index contributed by atoms with van der Waals surface area (Å²) in [5.74, 6) is -0.757. The van der Waals surface area contributed by atoms with Crippen molar-refractivity contribution in [1.29, 1.82) is 0 Å². The molecule has 0 heterocycles. The van der Waals surface area contributed by atoms with Crippen LogP contribution in [0.3, 0.4) is 0 Å². The standard InChI is InChI=1S/C17H13ClF3NO2/c18-14-7-6-12(10-13(14)17(19,20)21)22-16(24)9-8-15(23)11-4-2-1-3-5-11/h1-7,10H,8-9H2,(H,22,24). The van der Waals surface area contributed by atoms with E-state index in [1.807, 2.05) is 0 Å². The number of halogens is 4. The van der Waals surface area contributed by atoms with Crippen molar-refractivity contribution in [3.05, 3.63) is 64.7 Å². The minimum absolute atomic E-state index is 0.0242. The number of carbonyl (C=O) groups is 2. The highest BCUT2D eigenvalue weighted by molar-refractivity contribution is 6.31. The first-order chi connectivity index (χ1) is 11.3. The van der Waals surface area contributed by atoms with Crippen molar-refractivity contribution in [2.45, 2.75) is 19.0 Å². The van der Waals surface area contributed by atoms with Crippen molar-refractivity contribution >= 4 is 29.0 Å². The van der Waals surface area contributed by atoms with E-state index in [-0.39, 0.29) is 24.3 Å². The van der Waals surface area contributed by atoms with Gasteiger partial charge in [-0.2, -0.15) is 13.2 Å².